The van der Waals surface area contributed by atoms with Gasteiger partial charge in [0, 0.05) is 24.3 Å². The number of carbonyl (C=O) groups excluding carboxylic acids is 1. The third-order valence-electron chi connectivity index (χ3n) is 7.44. The number of carbonyl (C=O) groups is 1. The van der Waals surface area contributed by atoms with Crippen LogP contribution >= 0.6 is 0 Å². The van der Waals surface area contributed by atoms with Crippen LogP contribution in [0, 0.1) is 0 Å². The third-order valence-corrected chi connectivity index (χ3v) is 7.44. The second-order valence-corrected chi connectivity index (χ2v) is 9.28. The van der Waals surface area contributed by atoms with Crippen LogP contribution in [0.4, 0.5) is 5.69 Å². The van der Waals surface area contributed by atoms with Crippen molar-refractivity contribution in [2.24, 2.45) is 0 Å². The summed E-state index contributed by atoms with van der Waals surface area (Å²) in [6.07, 6.45) is 1.17. The summed E-state index contributed by atoms with van der Waals surface area (Å²) in [6.45, 7) is 3.66. The molecule has 2 aliphatic heterocycles. The highest BCUT2D eigenvalue weighted by Gasteiger charge is 2.43. The number of nitrogens with zero attached hydrogens (tertiary/aromatic N) is 2. The Bertz CT molecular complexity index is 1200. The molecule has 0 saturated heterocycles. The van der Waals surface area contributed by atoms with E-state index in [1.54, 1.807) is 37.3 Å². The average Bonchev–Trinajstić information content (AvgIpc) is 3.11. The topological polar surface area (TPSA) is 62.2 Å². The molecule has 0 radical (unpaired) electrons. The minimum atomic E-state index is -0.727. The molecule has 182 valence electrons. The Morgan fingerprint density at radius 2 is 1.51 bits per heavy atom. The number of aliphatic hydroxyl groups is 1. The Kier molecular flexibility index (Phi) is 6.50. The summed E-state index contributed by atoms with van der Waals surface area (Å²) in [5, 5.41) is 11.6. The van der Waals surface area contributed by atoms with Crippen LogP contribution in [0.3, 0.4) is 0 Å². The van der Waals surface area contributed by atoms with Gasteiger partial charge in [-0.3, -0.25) is 9.69 Å². The molecular formula is C29H32N2O4. The van der Waals surface area contributed by atoms with Gasteiger partial charge in [-0.1, -0.05) is 42.5 Å². The van der Waals surface area contributed by atoms with Crippen molar-refractivity contribution in [2.45, 2.75) is 38.0 Å². The summed E-state index contributed by atoms with van der Waals surface area (Å²) in [7, 11) is 3.12. The lowest BCUT2D eigenvalue weighted by atomic mass is 9.87. The monoisotopic (exact) mass is 472 g/mol. The van der Waals surface area contributed by atoms with Crippen molar-refractivity contribution in [1.82, 2.24) is 4.90 Å². The van der Waals surface area contributed by atoms with E-state index in [-0.39, 0.29) is 11.9 Å². The maximum atomic E-state index is 13.8. The zero-order valence-electron chi connectivity index (χ0n) is 20.5. The molecule has 5 rings (SSSR count). The number of ether oxygens (including phenoxy) is 2. The molecule has 6 heteroatoms. The summed E-state index contributed by atoms with van der Waals surface area (Å²) >= 11 is 0. The second kappa shape index (κ2) is 9.72. The molecule has 2 aliphatic rings. The molecule has 0 fully saturated rings. The molecule has 0 aliphatic carbocycles. The molecule has 0 spiro atoms. The zero-order chi connectivity index (χ0) is 24.5. The minimum Gasteiger partial charge on any atom is -0.493 e. The van der Waals surface area contributed by atoms with Gasteiger partial charge in [-0.05, 0) is 60.7 Å². The molecule has 0 saturated carbocycles. The predicted octanol–water partition coefficient (Wildman–Crippen LogP) is 4.26. The normalized spacial score (nSPS) is 22.1. The Labute approximate surface area is 206 Å². The number of hydrogen-bond donors (Lipinski definition) is 1. The van der Waals surface area contributed by atoms with E-state index in [9.17, 15) is 9.90 Å². The van der Waals surface area contributed by atoms with E-state index in [0.717, 1.165) is 37.2 Å². The number of hydrogen-bond acceptors (Lipinski definition) is 5. The molecule has 3 unspecified atom stereocenters. The number of fused-ring (bicyclic) bond motifs is 2. The fraction of sp³-hybridized carbons (Fsp3) is 0.345. The standard InChI is InChI=1S/C29H32N2O4/c1-19-28(32)27(30-16-14-20-8-4-5-9-21(20)15-17-30)23-10-6-7-11-24(23)31(19)29(33)22-12-13-25(34-2)26(18-22)35-3/h4-13,18-19,27-28,32H,14-17H2,1-3H3. The SMILES string of the molecule is COc1ccc(C(=O)N2c3ccccc3C(N3CCc4ccccc4CC3)C(O)C2C)cc1OC. The van der Waals surface area contributed by atoms with Gasteiger partial charge in [-0.25, -0.2) is 0 Å². The van der Waals surface area contributed by atoms with Crippen LogP contribution in [0.15, 0.2) is 66.7 Å². The number of methoxy groups -OCH3 is 2. The van der Waals surface area contributed by atoms with Crippen LogP contribution in [-0.4, -0.2) is 55.4 Å². The molecule has 6 nitrogen and oxygen atoms in total. The van der Waals surface area contributed by atoms with Crippen molar-refractivity contribution in [1.29, 1.82) is 0 Å². The van der Waals surface area contributed by atoms with Gasteiger partial charge in [-0.15, -0.1) is 0 Å². The summed E-state index contributed by atoms with van der Waals surface area (Å²) in [5.41, 5.74) is 5.08. The van der Waals surface area contributed by atoms with E-state index >= 15 is 0 Å². The Hall–Kier alpha value is -3.35. The van der Waals surface area contributed by atoms with Crippen molar-refractivity contribution in [3.05, 3.63) is 89.0 Å². The minimum absolute atomic E-state index is 0.174. The number of benzene rings is 3. The number of aliphatic hydroxyl groups excluding tert-OH is 1. The fourth-order valence-electron chi connectivity index (χ4n) is 5.56. The average molecular weight is 473 g/mol. The van der Waals surface area contributed by atoms with Crippen LogP contribution < -0.4 is 14.4 Å². The first-order chi connectivity index (χ1) is 17.0. The van der Waals surface area contributed by atoms with Crippen molar-refractivity contribution < 1.29 is 19.4 Å². The van der Waals surface area contributed by atoms with Crippen LogP contribution in [0.25, 0.3) is 0 Å². The molecule has 3 aromatic carbocycles. The van der Waals surface area contributed by atoms with Crippen molar-refractivity contribution >= 4 is 11.6 Å². The summed E-state index contributed by atoms with van der Waals surface area (Å²) < 4.78 is 10.7. The maximum Gasteiger partial charge on any atom is 0.258 e. The third kappa shape index (κ3) is 4.17. The Morgan fingerprint density at radius 3 is 2.17 bits per heavy atom. The van der Waals surface area contributed by atoms with E-state index in [1.165, 1.54) is 11.1 Å². The molecule has 1 N–H and O–H groups in total. The van der Waals surface area contributed by atoms with Crippen molar-refractivity contribution in [3.63, 3.8) is 0 Å². The summed E-state index contributed by atoms with van der Waals surface area (Å²) in [5.74, 6) is 0.893. The van der Waals surface area contributed by atoms with Gasteiger partial charge in [-0.2, -0.15) is 0 Å². The van der Waals surface area contributed by atoms with Gasteiger partial charge in [0.1, 0.15) is 0 Å². The molecule has 2 heterocycles. The van der Waals surface area contributed by atoms with Crippen LogP contribution in [0.1, 0.15) is 40.0 Å². The zero-order valence-corrected chi connectivity index (χ0v) is 20.5. The molecule has 3 aromatic rings. The molecule has 35 heavy (non-hydrogen) atoms. The Balaban J connectivity index is 1.49. The smallest absolute Gasteiger partial charge is 0.258 e. The second-order valence-electron chi connectivity index (χ2n) is 9.28. The first-order valence-corrected chi connectivity index (χ1v) is 12.2. The largest absolute Gasteiger partial charge is 0.493 e. The van der Waals surface area contributed by atoms with E-state index in [1.807, 2.05) is 31.2 Å². The van der Waals surface area contributed by atoms with Crippen LogP contribution in [0.5, 0.6) is 11.5 Å². The lowest BCUT2D eigenvalue weighted by molar-refractivity contribution is 0.0277. The van der Waals surface area contributed by atoms with Crippen molar-refractivity contribution in [3.8, 4) is 11.5 Å². The highest BCUT2D eigenvalue weighted by atomic mass is 16.5. The highest BCUT2D eigenvalue weighted by molar-refractivity contribution is 6.07. The van der Waals surface area contributed by atoms with Gasteiger partial charge >= 0.3 is 0 Å². The van der Waals surface area contributed by atoms with Crippen LogP contribution in [-0.2, 0) is 12.8 Å². The fourth-order valence-corrected chi connectivity index (χ4v) is 5.56. The van der Waals surface area contributed by atoms with Gasteiger partial charge in [0.2, 0.25) is 0 Å². The molecular weight excluding hydrogens is 440 g/mol. The lowest BCUT2D eigenvalue weighted by Crippen LogP contribution is -2.55. The summed E-state index contributed by atoms with van der Waals surface area (Å²) in [6, 6.07) is 21.2. The molecule has 0 bridgehead atoms. The first kappa shape index (κ1) is 23.4. The van der Waals surface area contributed by atoms with E-state index in [4.69, 9.17) is 9.47 Å². The van der Waals surface area contributed by atoms with Gasteiger partial charge in [0.05, 0.1) is 32.4 Å². The van der Waals surface area contributed by atoms with Gasteiger partial charge in [0.25, 0.3) is 5.91 Å². The van der Waals surface area contributed by atoms with Crippen molar-refractivity contribution in [2.75, 3.05) is 32.2 Å². The molecule has 1 amide bonds. The highest BCUT2D eigenvalue weighted by Crippen LogP contribution is 2.42. The first-order valence-electron chi connectivity index (χ1n) is 12.2. The number of rotatable bonds is 4. The molecule has 0 aromatic heterocycles. The number of anilines is 1. The van der Waals surface area contributed by atoms with E-state index < -0.39 is 12.1 Å². The van der Waals surface area contributed by atoms with Gasteiger partial charge in [0.15, 0.2) is 11.5 Å². The molecule has 3 atom stereocenters. The van der Waals surface area contributed by atoms with E-state index in [2.05, 4.69) is 29.2 Å². The van der Waals surface area contributed by atoms with E-state index in [0.29, 0.717) is 17.1 Å². The Morgan fingerprint density at radius 1 is 0.886 bits per heavy atom. The number of amides is 1. The number of para-hydroxylation sites is 1. The lowest BCUT2D eigenvalue weighted by Gasteiger charge is -2.46. The maximum absolute atomic E-state index is 13.8. The van der Waals surface area contributed by atoms with Crippen LogP contribution in [0.2, 0.25) is 0 Å². The predicted molar refractivity (Wildman–Crippen MR) is 136 cm³/mol. The van der Waals surface area contributed by atoms with Gasteiger partial charge < -0.3 is 19.5 Å². The summed E-state index contributed by atoms with van der Waals surface area (Å²) in [4.78, 5) is 17.9. The quantitative estimate of drug-likeness (QED) is 0.615.